The first-order valence-corrected chi connectivity index (χ1v) is 8.72. The van der Waals surface area contributed by atoms with Gasteiger partial charge in [0.25, 0.3) is 5.91 Å². The predicted molar refractivity (Wildman–Crippen MR) is 97.8 cm³/mol. The van der Waals surface area contributed by atoms with Crippen molar-refractivity contribution in [3.8, 4) is 0 Å². The summed E-state index contributed by atoms with van der Waals surface area (Å²) in [6.45, 7) is 0. The van der Waals surface area contributed by atoms with Crippen LogP contribution < -0.4 is 10.6 Å². The lowest BCUT2D eigenvalue weighted by Crippen LogP contribution is -2.33. The summed E-state index contributed by atoms with van der Waals surface area (Å²) < 4.78 is 4.70. The zero-order valence-electron chi connectivity index (χ0n) is 14.3. The summed E-state index contributed by atoms with van der Waals surface area (Å²) in [6.07, 6.45) is 7.16. The van der Waals surface area contributed by atoms with Gasteiger partial charge in [0.1, 0.15) is 11.5 Å². The van der Waals surface area contributed by atoms with Crippen LogP contribution in [0.4, 0.5) is 11.5 Å². The number of benzene rings is 1. The number of rotatable bonds is 5. The van der Waals surface area contributed by atoms with Gasteiger partial charge < -0.3 is 15.4 Å². The molecule has 2 aromatic rings. The van der Waals surface area contributed by atoms with Crippen molar-refractivity contribution in [3.05, 3.63) is 46.9 Å². The van der Waals surface area contributed by atoms with Crippen LogP contribution in [0, 0.1) is 0 Å². The Hall–Kier alpha value is -2.67. The van der Waals surface area contributed by atoms with Crippen molar-refractivity contribution in [1.29, 1.82) is 0 Å². The molecule has 1 fully saturated rings. The number of ether oxygens (including phenoxy) is 1. The highest BCUT2D eigenvalue weighted by Crippen LogP contribution is 2.26. The SMILES string of the molecule is COC(=O)c1ccc(Cl)c(Nc2cnc(C(=O)NC3CCCC3)cn2)c1. The van der Waals surface area contributed by atoms with E-state index < -0.39 is 5.97 Å². The summed E-state index contributed by atoms with van der Waals surface area (Å²) in [5.74, 6) is -0.275. The van der Waals surface area contributed by atoms with Gasteiger partial charge in [-0.1, -0.05) is 24.4 Å². The van der Waals surface area contributed by atoms with Crippen LogP contribution >= 0.6 is 11.6 Å². The number of amides is 1. The molecule has 1 heterocycles. The lowest BCUT2D eigenvalue weighted by Gasteiger charge is -2.12. The Labute approximate surface area is 156 Å². The molecule has 8 heteroatoms. The van der Waals surface area contributed by atoms with Crippen LogP contribution in [0.25, 0.3) is 0 Å². The van der Waals surface area contributed by atoms with Crippen LogP contribution in [-0.2, 0) is 4.74 Å². The van der Waals surface area contributed by atoms with E-state index in [1.165, 1.54) is 19.5 Å². The van der Waals surface area contributed by atoms with Gasteiger partial charge in [0.15, 0.2) is 0 Å². The number of anilines is 2. The van der Waals surface area contributed by atoms with Crippen molar-refractivity contribution in [2.24, 2.45) is 0 Å². The third-order valence-electron chi connectivity index (χ3n) is 4.23. The molecule has 2 N–H and O–H groups in total. The minimum atomic E-state index is -0.463. The molecule has 0 aliphatic heterocycles. The Bertz CT molecular complexity index is 805. The highest BCUT2D eigenvalue weighted by atomic mass is 35.5. The second-order valence-electron chi connectivity index (χ2n) is 6.05. The molecular formula is C18H19ClN4O3. The Balaban J connectivity index is 1.69. The van der Waals surface area contributed by atoms with Gasteiger partial charge >= 0.3 is 5.97 Å². The molecule has 1 aliphatic rings. The standard InChI is InChI=1S/C18H19ClN4O3/c1-26-18(25)11-6-7-13(19)14(8-11)23-16-10-20-15(9-21-16)17(24)22-12-4-2-3-5-12/h6-10,12H,2-5H2,1H3,(H,21,23)(H,22,24). The van der Waals surface area contributed by atoms with Crippen LogP contribution in [0.3, 0.4) is 0 Å². The van der Waals surface area contributed by atoms with Crippen molar-refractivity contribution in [2.75, 3.05) is 12.4 Å². The number of carbonyl (C=O) groups is 2. The first-order valence-electron chi connectivity index (χ1n) is 8.34. The second kappa shape index (κ2) is 8.14. The predicted octanol–water partition coefficient (Wildman–Crippen LogP) is 3.33. The molecule has 136 valence electrons. The topological polar surface area (TPSA) is 93.2 Å². The first kappa shape index (κ1) is 18.1. The van der Waals surface area contributed by atoms with Crippen LogP contribution in [0.2, 0.25) is 5.02 Å². The van der Waals surface area contributed by atoms with Gasteiger partial charge in [0.05, 0.1) is 35.8 Å². The van der Waals surface area contributed by atoms with Crippen LogP contribution in [0.1, 0.15) is 46.5 Å². The van der Waals surface area contributed by atoms with Gasteiger partial charge in [-0.15, -0.1) is 0 Å². The normalized spacial score (nSPS) is 14.1. The van der Waals surface area contributed by atoms with Crippen molar-refractivity contribution >= 4 is 35.0 Å². The molecule has 1 aromatic carbocycles. The van der Waals surface area contributed by atoms with Gasteiger partial charge in [0.2, 0.25) is 0 Å². The van der Waals surface area contributed by atoms with E-state index in [0.29, 0.717) is 22.1 Å². The van der Waals surface area contributed by atoms with Crippen molar-refractivity contribution in [3.63, 3.8) is 0 Å². The van der Waals surface area contributed by atoms with Crippen LogP contribution in [-0.4, -0.2) is 35.0 Å². The molecule has 3 rings (SSSR count). The number of aromatic nitrogens is 2. The summed E-state index contributed by atoms with van der Waals surface area (Å²) >= 11 is 6.14. The number of nitrogens with zero attached hydrogens (tertiary/aromatic N) is 2. The van der Waals surface area contributed by atoms with E-state index >= 15 is 0 Å². The van der Waals surface area contributed by atoms with E-state index in [9.17, 15) is 9.59 Å². The Morgan fingerprint density at radius 1 is 1.19 bits per heavy atom. The van der Waals surface area contributed by atoms with Gasteiger partial charge in [-0.2, -0.15) is 0 Å². The third-order valence-corrected chi connectivity index (χ3v) is 4.55. The zero-order chi connectivity index (χ0) is 18.5. The molecule has 0 spiro atoms. The molecule has 0 atom stereocenters. The van der Waals surface area contributed by atoms with E-state index in [1.54, 1.807) is 18.2 Å². The highest BCUT2D eigenvalue weighted by molar-refractivity contribution is 6.33. The van der Waals surface area contributed by atoms with Gasteiger partial charge in [-0.3, -0.25) is 4.79 Å². The number of methoxy groups -OCH3 is 1. The fraction of sp³-hybridized carbons (Fsp3) is 0.333. The summed E-state index contributed by atoms with van der Waals surface area (Å²) in [6, 6.07) is 4.95. The summed E-state index contributed by atoms with van der Waals surface area (Å²) in [7, 11) is 1.31. The quantitative estimate of drug-likeness (QED) is 0.780. The van der Waals surface area contributed by atoms with E-state index in [-0.39, 0.29) is 17.6 Å². The van der Waals surface area contributed by atoms with Crippen LogP contribution in [0.15, 0.2) is 30.6 Å². The molecule has 1 aromatic heterocycles. The van der Waals surface area contributed by atoms with E-state index in [0.717, 1.165) is 25.7 Å². The lowest BCUT2D eigenvalue weighted by molar-refractivity contribution is 0.0600. The Morgan fingerprint density at radius 3 is 2.62 bits per heavy atom. The fourth-order valence-corrected chi connectivity index (χ4v) is 3.01. The summed E-state index contributed by atoms with van der Waals surface area (Å²) in [5.41, 5.74) is 1.11. The van der Waals surface area contributed by atoms with Crippen molar-refractivity contribution in [1.82, 2.24) is 15.3 Å². The van der Waals surface area contributed by atoms with E-state index in [2.05, 4.69) is 20.6 Å². The fourth-order valence-electron chi connectivity index (χ4n) is 2.84. The largest absolute Gasteiger partial charge is 0.465 e. The molecule has 0 unspecified atom stereocenters. The number of hydrogen-bond acceptors (Lipinski definition) is 6. The molecule has 1 amide bonds. The molecule has 0 radical (unpaired) electrons. The minimum absolute atomic E-state index is 0.221. The molecule has 7 nitrogen and oxygen atoms in total. The molecule has 0 bridgehead atoms. The lowest BCUT2D eigenvalue weighted by atomic mass is 10.2. The molecule has 1 saturated carbocycles. The maximum Gasteiger partial charge on any atom is 0.337 e. The maximum absolute atomic E-state index is 12.2. The van der Waals surface area contributed by atoms with Crippen LogP contribution in [0.5, 0.6) is 0 Å². The van der Waals surface area contributed by atoms with E-state index in [1.807, 2.05) is 0 Å². The van der Waals surface area contributed by atoms with Gasteiger partial charge in [0, 0.05) is 6.04 Å². The Kier molecular flexibility index (Phi) is 5.68. The third kappa shape index (κ3) is 4.29. The first-order chi connectivity index (χ1) is 12.6. The molecule has 1 aliphatic carbocycles. The zero-order valence-corrected chi connectivity index (χ0v) is 15.0. The Morgan fingerprint density at radius 2 is 1.96 bits per heavy atom. The average molecular weight is 375 g/mol. The number of hydrogen-bond donors (Lipinski definition) is 2. The number of esters is 1. The minimum Gasteiger partial charge on any atom is -0.465 e. The summed E-state index contributed by atoms with van der Waals surface area (Å²) in [4.78, 5) is 32.1. The average Bonchev–Trinajstić information content (AvgIpc) is 3.16. The van der Waals surface area contributed by atoms with Crippen molar-refractivity contribution in [2.45, 2.75) is 31.7 Å². The number of nitrogens with one attached hydrogen (secondary N) is 2. The monoisotopic (exact) mass is 374 g/mol. The second-order valence-corrected chi connectivity index (χ2v) is 6.46. The smallest absolute Gasteiger partial charge is 0.337 e. The number of carbonyl (C=O) groups excluding carboxylic acids is 2. The maximum atomic E-state index is 12.2. The van der Waals surface area contributed by atoms with Gasteiger partial charge in [-0.05, 0) is 31.0 Å². The molecular weight excluding hydrogens is 356 g/mol. The van der Waals surface area contributed by atoms with Crippen molar-refractivity contribution < 1.29 is 14.3 Å². The molecule has 26 heavy (non-hydrogen) atoms. The summed E-state index contributed by atoms with van der Waals surface area (Å²) in [5, 5.41) is 6.37. The molecule has 0 saturated heterocycles. The highest BCUT2D eigenvalue weighted by Gasteiger charge is 2.19. The van der Waals surface area contributed by atoms with Gasteiger partial charge in [-0.25, -0.2) is 14.8 Å². The van der Waals surface area contributed by atoms with E-state index in [4.69, 9.17) is 16.3 Å². The number of halogens is 1.